The van der Waals surface area contributed by atoms with Crippen molar-refractivity contribution in [2.24, 2.45) is 0 Å². The number of ether oxygens (including phenoxy) is 2. The molecule has 3 heteroatoms. The lowest BCUT2D eigenvalue weighted by molar-refractivity contribution is 0.112. The van der Waals surface area contributed by atoms with Crippen molar-refractivity contribution in [2.45, 2.75) is 13.8 Å². The van der Waals surface area contributed by atoms with Crippen molar-refractivity contribution in [3.05, 3.63) is 23.8 Å². The lowest BCUT2D eigenvalue weighted by Gasteiger charge is -1.94. The molecule has 0 spiro atoms. The van der Waals surface area contributed by atoms with Gasteiger partial charge >= 0.3 is 0 Å². The maximum atomic E-state index is 10.3. The zero-order chi connectivity index (χ0) is 9.68. The third kappa shape index (κ3) is 1.99. The van der Waals surface area contributed by atoms with E-state index in [9.17, 15) is 4.79 Å². The van der Waals surface area contributed by atoms with Crippen LogP contribution >= 0.6 is 0 Å². The average molecular weight is 180 g/mol. The highest BCUT2D eigenvalue weighted by atomic mass is 16.7. The summed E-state index contributed by atoms with van der Waals surface area (Å²) in [4.78, 5) is 10.3. The van der Waals surface area contributed by atoms with Gasteiger partial charge in [0.25, 0.3) is 0 Å². The molecule has 0 saturated carbocycles. The van der Waals surface area contributed by atoms with E-state index in [1.165, 1.54) is 0 Å². The minimum atomic E-state index is 0.248. The largest absolute Gasteiger partial charge is 0.454 e. The summed E-state index contributed by atoms with van der Waals surface area (Å²) in [5.74, 6) is 1.35. The average Bonchev–Trinajstić information content (AvgIpc) is 2.67. The number of aldehydes is 1. The Balaban J connectivity index is 0.000000396. The summed E-state index contributed by atoms with van der Waals surface area (Å²) >= 11 is 0. The minimum absolute atomic E-state index is 0.248. The van der Waals surface area contributed by atoms with E-state index in [0.29, 0.717) is 17.1 Å². The maximum absolute atomic E-state index is 10.3. The molecule has 70 valence electrons. The van der Waals surface area contributed by atoms with Gasteiger partial charge in [-0.05, 0) is 18.2 Å². The summed E-state index contributed by atoms with van der Waals surface area (Å²) in [5.41, 5.74) is 0.606. The first kappa shape index (κ1) is 9.58. The first-order valence-electron chi connectivity index (χ1n) is 4.25. The van der Waals surface area contributed by atoms with Crippen LogP contribution in [0.5, 0.6) is 11.5 Å². The molecular weight excluding hydrogens is 168 g/mol. The van der Waals surface area contributed by atoms with Crippen LogP contribution < -0.4 is 9.47 Å². The number of hydrogen-bond acceptors (Lipinski definition) is 3. The number of carbonyl (C=O) groups excluding carboxylic acids is 1. The predicted octanol–water partition coefficient (Wildman–Crippen LogP) is 2.25. The number of fused-ring (bicyclic) bond motifs is 1. The molecule has 0 atom stereocenters. The molecule has 0 saturated heterocycles. The zero-order valence-electron chi connectivity index (χ0n) is 7.74. The maximum Gasteiger partial charge on any atom is 0.231 e. The molecule has 1 heterocycles. The van der Waals surface area contributed by atoms with Crippen LogP contribution in [-0.4, -0.2) is 13.1 Å². The summed E-state index contributed by atoms with van der Waals surface area (Å²) in [6.45, 7) is 4.25. The molecule has 2 rings (SSSR count). The normalized spacial score (nSPS) is 11.5. The van der Waals surface area contributed by atoms with Crippen molar-refractivity contribution in [3.8, 4) is 11.5 Å². The summed E-state index contributed by atoms with van der Waals surface area (Å²) < 4.78 is 10.1. The molecule has 0 aliphatic carbocycles. The molecule has 0 aromatic heterocycles. The van der Waals surface area contributed by atoms with Gasteiger partial charge in [0.15, 0.2) is 11.5 Å². The third-order valence-electron chi connectivity index (χ3n) is 1.53. The van der Waals surface area contributed by atoms with E-state index in [-0.39, 0.29) is 6.79 Å². The summed E-state index contributed by atoms with van der Waals surface area (Å²) in [6.07, 6.45) is 0.780. The van der Waals surface area contributed by atoms with Gasteiger partial charge in [-0.3, -0.25) is 4.79 Å². The van der Waals surface area contributed by atoms with Gasteiger partial charge in [-0.2, -0.15) is 0 Å². The van der Waals surface area contributed by atoms with Crippen LogP contribution in [0.1, 0.15) is 24.2 Å². The summed E-state index contributed by atoms with van der Waals surface area (Å²) in [7, 11) is 0. The molecule has 13 heavy (non-hydrogen) atoms. The van der Waals surface area contributed by atoms with Gasteiger partial charge in [0.2, 0.25) is 6.79 Å². The second-order valence-corrected chi connectivity index (χ2v) is 2.23. The van der Waals surface area contributed by atoms with Gasteiger partial charge < -0.3 is 9.47 Å². The quantitative estimate of drug-likeness (QED) is 0.622. The lowest BCUT2D eigenvalue weighted by atomic mass is 10.2. The van der Waals surface area contributed by atoms with Gasteiger partial charge in [-0.15, -0.1) is 0 Å². The number of hydrogen-bond donors (Lipinski definition) is 0. The van der Waals surface area contributed by atoms with Crippen molar-refractivity contribution >= 4 is 6.29 Å². The van der Waals surface area contributed by atoms with Gasteiger partial charge in [0.1, 0.15) is 6.29 Å². The molecule has 1 aromatic rings. The van der Waals surface area contributed by atoms with Crippen molar-refractivity contribution < 1.29 is 14.3 Å². The zero-order valence-corrected chi connectivity index (χ0v) is 7.74. The van der Waals surface area contributed by atoms with E-state index in [1.807, 2.05) is 13.8 Å². The highest BCUT2D eigenvalue weighted by Gasteiger charge is 2.12. The van der Waals surface area contributed by atoms with Crippen molar-refractivity contribution in [2.75, 3.05) is 6.79 Å². The van der Waals surface area contributed by atoms with Crippen molar-refractivity contribution in [3.63, 3.8) is 0 Å². The van der Waals surface area contributed by atoms with E-state index >= 15 is 0 Å². The highest BCUT2D eigenvalue weighted by Crippen LogP contribution is 2.31. The van der Waals surface area contributed by atoms with E-state index in [1.54, 1.807) is 18.2 Å². The molecule has 0 bridgehead atoms. The second kappa shape index (κ2) is 4.50. The molecule has 0 unspecified atom stereocenters. The van der Waals surface area contributed by atoms with E-state index in [0.717, 1.165) is 6.29 Å². The number of carbonyl (C=O) groups is 1. The Morgan fingerprint density at radius 3 is 2.62 bits per heavy atom. The van der Waals surface area contributed by atoms with Crippen LogP contribution in [0.4, 0.5) is 0 Å². The van der Waals surface area contributed by atoms with Gasteiger partial charge in [-0.25, -0.2) is 0 Å². The standard InChI is InChI=1S/C8H6O3.C2H6/c9-4-6-1-2-7-8(3-6)11-5-10-7;1-2/h1-4H,5H2;1-2H3. The SMILES string of the molecule is CC.O=Cc1ccc2c(c1)OCO2. The van der Waals surface area contributed by atoms with Crippen LogP contribution in [0.2, 0.25) is 0 Å². The number of benzene rings is 1. The van der Waals surface area contributed by atoms with E-state index in [4.69, 9.17) is 9.47 Å². The van der Waals surface area contributed by atoms with Crippen LogP contribution in [0.25, 0.3) is 0 Å². The highest BCUT2D eigenvalue weighted by molar-refractivity contribution is 5.76. The molecule has 3 nitrogen and oxygen atoms in total. The first-order valence-corrected chi connectivity index (χ1v) is 4.25. The molecule has 0 N–H and O–H groups in total. The van der Waals surface area contributed by atoms with Gasteiger partial charge in [0, 0.05) is 5.56 Å². The van der Waals surface area contributed by atoms with Gasteiger partial charge in [0.05, 0.1) is 0 Å². The summed E-state index contributed by atoms with van der Waals surface area (Å²) in [6, 6.07) is 5.09. The van der Waals surface area contributed by atoms with Crippen LogP contribution in [0.3, 0.4) is 0 Å². The van der Waals surface area contributed by atoms with Gasteiger partial charge in [-0.1, -0.05) is 13.8 Å². The van der Waals surface area contributed by atoms with Crippen LogP contribution in [0.15, 0.2) is 18.2 Å². The van der Waals surface area contributed by atoms with E-state index in [2.05, 4.69) is 0 Å². The molecule has 1 aliphatic rings. The second-order valence-electron chi connectivity index (χ2n) is 2.23. The third-order valence-corrected chi connectivity index (χ3v) is 1.53. The molecule has 1 aromatic carbocycles. The Morgan fingerprint density at radius 2 is 1.92 bits per heavy atom. The minimum Gasteiger partial charge on any atom is -0.454 e. The topological polar surface area (TPSA) is 35.5 Å². The summed E-state index contributed by atoms with van der Waals surface area (Å²) in [5, 5.41) is 0. The lowest BCUT2D eigenvalue weighted by Crippen LogP contribution is -1.92. The van der Waals surface area contributed by atoms with E-state index < -0.39 is 0 Å². The molecule has 0 radical (unpaired) electrons. The van der Waals surface area contributed by atoms with Crippen molar-refractivity contribution in [1.82, 2.24) is 0 Å². The molecular formula is C10H12O3. The fraction of sp³-hybridized carbons (Fsp3) is 0.300. The molecule has 0 amide bonds. The monoisotopic (exact) mass is 180 g/mol. The Bertz CT molecular complexity index is 294. The van der Waals surface area contributed by atoms with Crippen LogP contribution in [-0.2, 0) is 0 Å². The molecule has 0 fully saturated rings. The first-order chi connectivity index (χ1) is 6.40. The van der Waals surface area contributed by atoms with Crippen molar-refractivity contribution in [1.29, 1.82) is 0 Å². The Hall–Kier alpha value is -1.51. The Kier molecular flexibility index (Phi) is 3.31. The smallest absolute Gasteiger partial charge is 0.231 e. The Labute approximate surface area is 77.3 Å². The molecule has 1 aliphatic heterocycles. The fourth-order valence-corrected chi connectivity index (χ4v) is 0.986. The number of rotatable bonds is 1. The predicted molar refractivity (Wildman–Crippen MR) is 49.3 cm³/mol. The fourth-order valence-electron chi connectivity index (χ4n) is 0.986. The van der Waals surface area contributed by atoms with Crippen LogP contribution in [0, 0.1) is 0 Å². The Morgan fingerprint density at radius 1 is 1.23 bits per heavy atom.